The van der Waals surface area contributed by atoms with E-state index in [1.807, 2.05) is 0 Å². The van der Waals surface area contributed by atoms with Crippen LogP contribution in [0.15, 0.2) is 28.7 Å². The number of likely N-dealkylation sites (N-methyl/N-ethyl adjacent to an activating group) is 1. The van der Waals surface area contributed by atoms with E-state index in [0.29, 0.717) is 5.41 Å². The summed E-state index contributed by atoms with van der Waals surface area (Å²) < 4.78 is 1.15. The van der Waals surface area contributed by atoms with Crippen LogP contribution in [-0.4, -0.2) is 31.6 Å². The molecular formula is C15H23BrN2. The molecule has 0 radical (unpaired) electrons. The van der Waals surface area contributed by atoms with Crippen molar-refractivity contribution in [1.29, 1.82) is 0 Å². The van der Waals surface area contributed by atoms with E-state index < -0.39 is 0 Å². The molecule has 2 N–H and O–H groups in total. The van der Waals surface area contributed by atoms with Gasteiger partial charge in [-0.15, -0.1) is 0 Å². The van der Waals surface area contributed by atoms with E-state index in [1.165, 1.54) is 24.8 Å². The molecule has 0 unspecified atom stereocenters. The lowest BCUT2D eigenvalue weighted by Gasteiger charge is -2.43. The van der Waals surface area contributed by atoms with Crippen LogP contribution in [0.4, 0.5) is 0 Å². The average molecular weight is 311 g/mol. The summed E-state index contributed by atoms with van der Waals surface area (Å²) in [7, 11) is 2.22. The van der Waals surface area contributed by atoms with Crippen molar-refractivity contribution in [3.05, 3.63) is 34.3 Å². The Hall–Kier alpha value is -0.380. The molecular weight excluding hydrogens is 288 g/mol. The number of halogens is 1. The highest BCUT2D eigenvalue weighted by molar-refractivity contribution is 9.10. The van der Waals surface area contributed by atoms with Gasteiger partial charge in [0.2, 0.25) is 0 Å². The molecule has 0 spiro atoms. The molecule has 100 valence electrons. The van der Waals surface area contributed by atoms with Crippen LogP contribution in [0.25, 0.3) is 0 Å². The molecule has 0 heterocycles. The molecule has 1 aliphatic carbocycles. The van der Waals surface area contributed by atoms with Crippen LogP contribution in [0, 0.1) is 5.41 Å². The topological polar surface area (TPSA) is 29.3 Å². The van der Waals surface area contributed by atoms with Crippen molar-refractivity contribution < 1.29 is 0 Å². The summed E-state index contributed by atoms with van der Waals surface area (Å²) in [6.45, 7) is 3.11. The van der Waals surface area contributed by atoms with Crippen molar-refractivity contribution in [3.8, 4) is 0 Å². The highest BCUT2D eigenvalue weighted by atomic mass is 79.9. The van der Waals surface area contributed by atoms with Gasteiger partial charge in [0.05, 0.1) is 0 Å². The van der Waals surface area contributed by atoms with E-state index in [1.54, 1.807) is 0 Å². The fourth-order valence-electron chi connectivity index (χ4n) is 2.73. The summed E-state index contributed by atoms with van der Waals surface area (Å²) in [5.74, 6) is 0. The molecule has 18 heavy (non-hydrogen) atoms. The van der Waals surface area contributed by atoms with Crippen molar-refractivity contribution in [1.82, 2.24) is 4.90 Å². The monoisotopic (exact) mass is 310 g/mol. The first-order valence-corrected chi connectivity index (χ1v) is 7.56. The minimum Gasteiger partial charge on any atom is -0.330 e. The molecule has 0 bridgehead atoms. The molecule has 1 saturated carbocycles. The summed E-state index contributed by atoms with van der Waals surface area (Å²) in [5.41, 5.74) is 7.74. The van der Waals surface area contributed by atoms with Gasteiger partial charge in [-0.3, -0.25) is 0 Å². The van der Waals surface area contributed by atoms with E-state index >= 15 is 0 Å². The van der Waals surface area contributed by atoms with Gasteiger partial charge >= 0.3 is 0 Å². The predicted octanol–water partition coefficient (Wildman–Crippen LogP) is 3.05. The maximum absolute atomic E-state index is 5.91. The van der Waals surface area contributed by atoms with Gasteiger partial charge in [-0.2, -0.15) is 0 Å². The van der Waals surface area contributed by atoms with E-state index in [2.05, 4.69) is 52.1 Å². The van der Waals surface area contributed by atoms with Crippen LogP contribution in [0.2, 0.25) is 0 Å². The lowest BCUT2D eigenvalue weighted by atomic mass is 9.68. The van der Waals surface area contributed by atoms with Crippen LogP contribution in [0.3, 0.4) is 0 Å². The third kappa shape index (κ3) is 3.56. The highest BCUT2D eigenvalue weighted by Crippen LogP contribution is 2.40. The Balaban J connectivity index is 1.77. The lowest BCUT2D eigenvalue weighted by Crippen LogP contribution is -2.46. The molecule has 1 aromatic rings. The van der Waals surface area contributed by atoms with Gasteiger partial charge in [0.15, 0.2) is 0 Å². The Labute approximate surface area is 119 Å². The molecule has 0 aliphatic heterocycles. The summed E-state index contributed by atoms with van der Waals surface area (Å²) in [6, 6.07) is 8.62. The largest absolute Gasteiger partial charge is 0.330 e. The molecule has 2 nitrogen and oxygen atoms in total. The second-order valence-electron chi connectivity index (χ2n) is 5.67. The third-order valence-electron chi connectivity index (χ3n) is 4.15. The fraction of sp³-hybridized carbons (Fsp3) is 0.600. The van der Waals surface area contributed by atoms with Crippen LogP contribution < -0.4 is 5.73 Å². The second kappa shape index (κ2) is 6.18. The quantitative estimate of drug-likeness (QED) is 0.875. The first-order valence-electron chi connectivity index (χ1n) is 6.77. The van der Waals surface area contributed by atoms with Crippen LogP contribution in [0.5, 0.6) is 0 Å². The summed E-state index contributed by atoms with van der Waals surface area (Å²) >= 11 is 3.47. The van der Waals surface area contributed by atoms with Gasteiger partial charge in [-0.1, -0.05) is 34.5 Å². The Bertz CT molecular complexity index is 365. The number of rotatable bonds is 6. The standard InChI is InChI=1S/C15H23BrN2/c1-18(12-15(11-17)8-2-9-15)10-7-13-3-5-14(16)6-4-13/h3-6H,2,7-12,17H2,1H3. The number of nitrogens with two attached hydrogens (primary N) is 1. The molecule has 0 amide bonds. The summed E-state index contributed by atoms with van der Waals surface area (Å²) in [4.78, 5) is 2.44. The van der Waals surface area contributed by atoms with Crippen molar-refractivity contribution in [2.45, 2.75) is 25.7 Å². The molecule has 0 saturated heterocycles. The first-order chi connectivity index (χ1) is 8.63. The minimum absolute atomic E-state index is 0.425. The highest BCUT2D eigenvalue weighted by Gasteiger charge is 2.36. The van der Waals surface area contributed by atoms with Gasteiger partial charge in [-0.25, -0.2) is 0 Å². The Morgan fingerprint density at radius 1 is 1.28 bits per heavy atom. The molecule has 0 aromatic heterocycles. The van der Waals surface area contributed by atoms with E-state index in [0.717, 1.165) is 30.5 Å². The predicted molar refractivity (Wildman–Crippen MR) is 80.7 cm³/mol. The van der Waals surface area contributed by atoms with Gasteiger partial charge in [-0.05, 0) is 56.0 Å². The number of hydrogen-bond donors (Lipinski definition) is 1. The minimum atomic E-state index is 0.425. The molecule has 1 fully saturated rings. The third-order valence-corrected chi connectivity index (χ3v) is 4.68. The molecule has 1 aromatic carbocycles. The molecule has 2 rings (SSSR count). The van der Waals surface area contributed by atoms with Gasteiger partial charge < -0.3 is 10.6 Å². The zero-order chi connectivity index (χ0) is 13.0. The SMILES string of the molecule is CN(CCc1ccc(Br)cc1)CC1(CN)CCC1. The second-order valence-corrected chi connectivity index (χ2v) is 6.59. The van der Waals surface area contributed by atoms with Crippen molar-refractivity contribution in [2.24, 2.45) is 11.1 Å². The van der Waals surface area contributed by atoms with E-state index in [9.17, 15) is 0 Å². The van der Waals surface area contributed by atoms with Crippen LogP contribution in [0.1, 0.15) is 24.8 Å². The van der Waals surface area contributed by atoms with Crippen molar-refractivity contribution >= 4 is 15.9 Å². The molecule has 0 atom stereocenters. The number of hydrogen-bond acceptors (Lipinski definition) is 2. The zero-order valence-corrected chi connectivity index (χ0v) is 12.7. The maximum Gasteiger partial charge on any atom is 0.0175 e. The van der Waals surface area contributed by atoms with Crippen LogP contribution >= 0.6 is 15.9 Å². The molecule has 3 heteroatoms. The number of nitrogens with zero attached hydrogens (tertiary/aromatic N) is 1. The van der Waals surface area contributed by atoms with Gasteiger partial charge in [0.25, 0.3) is 0 Å². The van der Waals surface area contributed by atoms with Crippen molar-refractivity contribution in [2.75, 3.05) is 26.7 Å². The smallest absolute Gasteiger partial charge is 0.0175 e. The lowest BCUT2D eigenvalue weighted by molar-refractivity contribution is 0.0882. The van der Waals surface area contributed by atoms with E-state index in [-0.39, 0.29) is 0 Å². The first kappa shape index (κ1) is 14.0. The Morgan fingerprint density at radius 2 is 1.94 bits per heavy atom. The molecule has 1 aliphatic rings. The van der Waals surface area contributed by atoms with Gasteiger partial charge in [0.1, 0.15) is 0 Å². The zero-order valence-electron chi connectivity index (χ0n) is 11.2. The van der Waals surface area contributed by atoms with Gasteiger partial charge in [0, 0.05) is 17.6 Å². The normalized spacial score (nSPS) is 17.8. The average Bonchev–Trinajstić information content (AvgIpc) is 2.33. The summed E-state index contributed by atoms with van der Waals surface area (Å²) in [6.07, 6.45) is 5.10. The van der Waals surface area contributed by atoms with Crippen LogP contribution in [-0.2, 0) is 6.42 Å². The maximum atomic E-state index is 5.91. The fourth-order valence-corrected chi connectivity index (χ4v) is 2.99. The van der Waals surface area contributed by atoms with E-state index in [4.69, 9.17) is 5.73 Å². The van der Waals surface area contributed by atoms with Crippen molar-refractivity contribution in [3.63, 3.8) is 0 Å². The summed E-state index contributed by atoms with van der Waals surface area (Å²) in [5, 5.41) is 0. The number of benzene rings is 1. The Kier molecular flexibility index (Phi) is 4.82. The Morgan fingerprint density at radius 3 is 2.44 bits per heavy atom.